The summed E-state index contributed by atoms with van der Waals surface area (Å²) in [7, 11) is 0. The van der Waals surface area contributed by atoms with Gasteiger partial charge in [0.15, 0.2) is 11.5 Å². The molecule has 2 aromatic carbocycles. The highest BCUT2D eigenvalue weighted by Crippen LogP contribution is 2.35. The predicted molar refractivity (Wildman–Crippen MR) is 97.7 cm³/mol. The minimum atomic E-state index is 0.265. The molecule has 126 valence electrons. The van der Waals surface area contributed by atoms with Crippen molar-refractivity contribution in [3.63, 3.8) is 0 Å². The topological polar surface area (TPSA) is 35.5 Å². The lowest BCUT2D eigenvalue weighted by Gasteiger charge is -2.17. The minimum absolute atomic E-state index is 0.265. The molecule has 0 N–H and O–H groups in total. The Balaban J connectivity index is 2.35. The first-order chi connectivity index (χ1) is 11.6. The Kier molecular flexibility index (Phi) is 6.71. The molecule has 0 fully saturated rings. The summed E-state index contributed by atoms with van der Waals surface area (Å²) in [5, 5.41) is 1.11. The van der Waals surface area contributed by atoms with Gasteiger partial charge in [-0.05, 0) is 37.6 Å². The van der Waals surface area contributed by atoms with E-state index >= 15 is 0 Å². The smallest absolute Gasteiger partial charge is 0.165 e. The van der Waals surface area contributed by atoms with E-state index < -0.39 is 0 Å². The Morgan fingerprint density at radius 1 is 1.12 bits per heavy atom. The molecule has 2 rings (SSSR count). The van der Waals surface area contributed by atoms with Gasteiger partial charge in [0.2, 0.25) is 0 Å². The third-order valence-electron chi connectivity index (χ3n) is 3.34. The van der Waals surface area contributed by atoms with Crippen molar-refractivity contribution < 1.29 is 14.3 Å². The number of carbonyl (C=O) groups is 1. The Morgan fingerprint density at radius 3 is 2.54 bits per heavy atom. The molecule has 0 heterocycles. The number of allylic oxidation sites excluding steroid dienone is 1. The van der Waals surface area contributed by atoms with Gasteiger partial charge in [-0.15, -0.1) is 6.58 Å². The van der Waals surface area contributed by atoms with Gasteiger partial charge >= 0.3 is 0 Å². The number of benzene rings is 2. The third kappa shape index (κ3) is 4.53. The van der Waals surface area contributed by atoms with Gasteiger partial charge in [0, 0.05) is 26.7 Å². The van der Waals surface area contributed by atoms with Crippen molar-refractivity contribution in [2.45, 2.75) is 20.0 Å². The van der Waals surface area contributed by atoms with Crippen LogP contribution < -0.4 is 9.47 Å². The summed E-state index contributed by atoms with van der Waals surface area (Å²) in [4.78, 5) is 11.1. The average molecular weight is 365 g/mol. The van der Waals surface area contributed by atoms with Gasteiger partial charge in [-0.2, -0.15) is 0 Å². The van der Waals surface area contributed by atoms with Crippen LogP contribution in [0.25, 0.3) is 0 Å². The van der Waals surface area contributed by atoms with Crippen LogP contribution in [0.3, 0.4) is 0 Å². The van der Waals surface area contributed by atoms with Crippen molar-refractivity contribution in [1.29, 1.82) is 0 Å². The van der Waals surface area contributed by atoms with Crippen LogP contribution in [-0.2, 0) is 13.0 Å². The lowest BCUT2D eigenvalue weighted by molar-refractivity contribution is 0.112. The molecule has 24 heavy (non-hydrogen) atoms. The molecule has 0 aliphatic heterocycles. The summed E-state index contributed by atoms with van der Waals surface area (Å²) in [6, 6.07) is 8.69. The van der Waals surface area contributed by atoms with Gasteiger partial charge in [-0.25, -0.2) is 0 Å². The van der Waals surface area contributed by atoms with E-state index in [4.69, 9.17) is 32.7 Å². The number of carbonyl (C=O) groups excluding carboxylic acids is 1. The highest BCUT2D eigenvalue weighted by atomic mass is 35.5. The van der Waals surface area contributed by atoms with Crippen LogP contribution in [0.4, 0.5) is 0 Å². The summed E-state index contributed by atoms with van der Waals surface area (Å²) in [5.74, 6) is 1.12. The average Bonchev–Trinajstić information content (AvgIpc) is 2.56. The second kappa shape index (κ2) is 8.76. The maximum absolute atomic E-state index is 11.1. The van der Waals surface area contributed by atoms with Crippen LogP contribution in [0.1, 0.15) is 28.4 Å². The summed E-state index contributed by atoms with van der Waals surface area (Å²) < 4.78 is 11.6. The van der Waals surface area contributed by atoms with Crippen molar-refractivity contribution in [2.24, 2.45) is 0 Å². The molecule has 2 aromatic rings. The van der Waals surface area contributed by atoms with E-state index in [0.29, 0.717) is 40.1 Å². The zero-order chi connectivity index (χ0) is 17.5. The lowest BCUT2D eigenvalue weighted by Crippen LogP contribution is -2.04. The molecule has 0 aliphatic rings. The van der Waals surface area contributed by atoms with E-state index in [1.165, 1.54) is 0 Å². The van der Waals surface area contributed by atoms with Crippen molar-refractivity contribution in [2.75, 3.05) is 6.61 Å². The SMILES string of the molecule is C=CCc1cc(C=O)cc(OCC)c1OCc1ccc(Cl)cc1Cl. The van der Waals surface area contributed by atoms with Crippen LogP contribution in [0.2, 0.25) is 10.0 Å². The zero-order valence-electron chi connectivity index (χ0n) is 13.4. The molecule has 0 radical (unpaired) electrons. The van der Waals surface area contributed by atoms with Crippen LogP contribution in [-0.4, -0.2) is 12.9 Å². The number of halogens is 2. The molecule has 0 unspecified atom stereocenters. The molecular formula is C19H18Cl2O3. The Hall–Kier alpha value is -1.97. The summed E-state index contributed by atoms with van der Waals surface area (Å²) in [6.45, 7) is 6.36. The lowest BCUT2D eigenvalue weighted by atomic mass is 10.1. The summed E-state index contributed by atoms with van der Waals surface area (Å²) in [6.07, 6.45) is 3.10. The van der Waals surface area contributed by atoms with E-state index in [1.807, 2.05) is 13.0 Å². The maximum atomic E-state index is 11.1. The summed E-state index contributed by atoms with van der Waals surface area (Å²) in [5.41, 5.74) is 2.18. The molecule has 0 aliphatic carbocycles. The van der Waals surface area contributed by atoms with Crippen molar-refractivity contribution >= 4 is 29.5 Å². The van der Waals surface area contributed by atoms with Gasteiger partial charge in [-0.1, -0.05) is 35.3 Å². The molecule has 0 atom stereocenters. The normalized spacial score (nSPS) is 10.3. The molecular weight excluding hydrogens is 347 g/mol. The third-order valence-corrected chi connectivity index (χ3v) is 3.93. The summed E-state index contributed by atoms with van der Waals surface area (Å²) >= 11 is 12.1. The highest BCUT2D eigenvalue weighted by molar-refractivity contribution is 6.35. The largest absolute Gasteiger partial charge is 0.490 e. The number of hydrogen-bond donors (Lipinski definition) is 0. The zero-order valence-corrected chi connectivity index (χ0v) is 14.9. The fraction of sp³-hybridized carbons (Fsp3) is 0.211. The molecule has 0 aromatic heterocycles. The van der Waals surface area contributed by atoms with Crippen LogP contribution in [0, 0.1) is 0 Å². The first-order valence-corrected chi connectivity index (χ1v) is 8.27. The van der Waals surface area contributed by atoms with Crippen LogP contribution >= 0.6 is 23.2 Å². The number of ether oxygens (including phenoxy) is 2. The van der Waals surface area contributed by atoms with Gasteiger partial charge in [-0.3, -0.25) is 4.79 Å². The fourth-order valence-corrected chi connectivity index (χ4v) is 2.74. The van der Waals surface area contributed by atoms with E-state index in [1.54, 1.807) is 30.3 Å². The second-order valence-corrected chi connectivity index (χ2v) is 5.92. The number of aldehydes is 1. The first-order valence-electron chi connectivity index (χ1n) is 7.51. The van der Waals surface area contributed by atoms with Crippen molar-refractivity contribution in [3.05, 3.63) is 69.7 Å². The second-order valence-electron chi connectivity index (χ2n) is 5.08. The van der Waals surface area contributed by atoms with Crippen LogP contribution in [0.15, 0.2) is 43.0 Å². The van der Waals surface area contributed by atoms with Crippen molar-refractivity contribution in [1.82, 2.24) is 0 Å². The van der Waals surface area contributed by atoms with Gasteiger partial charge < -0.3 is 9.47 Å². The Morgan fingerprint density at radius 2 is 1.92 bits per heavy atom. The number of rotatable bonds is 8. The van der Waals surface area contributed by atoms with Gasteiger partial charge in [0.1, 0.15) is 12.9 Å². The molecule has 0 amide bonds. The Bertz CT molecular complexity index is 742. The van der Waals surface area contributed by atoms with Gasteiger partial charge in [0.25, 0.3) is 0 Å². The Labute approximate surface area is 151 Å². The quantitative estimate of drug-likeness (QED) is 0.457. The minimum Gasteiger partial charge on any atom is -0.490 e. The van der Waals surface area contributed by atoms with E-state index in [9.17, 15) is 4.79 Å². The first kappa shape index (κ1) is 18.4. The monoisotopic (exact) mass is 364 g/mol. The van der Waals surface area contributed by atoms with Crippen molar-refractivity contribution in [3.8, 4) is 11.5 Å². The van der Waals surface area contributed by atoms with Crippen LogP contribution in [0.5, 0.6) is 11.5 Å². The molecule has 5 heteroatoms. The van der Waals surface area contributed by atoms with E-state index in [-0.39, 0.29) is 6.61 Å². The maximum Gasteiger partial charge on any atom is 0.165 e. The predicted octanol–water partition coefficient (Wildman–Crippen LogP) is 5.51. The van der Waals surface area contributed by atoms with E-state index in [2.05, 4.69) is 6.58 Å². The fourth-order valence-electron chi connectivity index (χ4n) is 2.27. The highest BCUT2D eigenvalue weighted by Gasteiger charge is 2.14. The van der Waals surface area contributed by atoms with E-state index in [0.717, 1.165) is 17.4 Å². The number of hydrogen-bond acceptors (Lipinski definition) is 3. The molecule has 0 saturated carbocycles. The molecule has 3 nitrogen and oxygen atoms in total. The molecule has 0 spiro atoms. The molecule has 0 saturated heterocycles. The molecule has 0 bridgehead atoms. The standard InChI is InChI=1S/C19H18Cl2O3/c1-3-5-14-8-13(11-22)9-18(23-4-2)19(14)24-12-15-6-7-16(20)10-17(15)21/h3,6-11H,1,4-5,12H2,2H3. The van der Waals surface area contributed by atoms with Gasteiger partial charge in [0.05, 0.1) is 6.61 Å².